The van der Waals surface area contributed by atoms with E-state index in [1.54, 1.807) is 13.0 Å². The largest absolute Gasteiger partial charge is 0.476 e. The van der Waals surface area contributed by atoms with Crippen molar-refractivity contribution in [2.24, 2.45) is 0 Å². The molecule has 1 heterocycles. The van der Waals surface area contributed by atoms with Gasteiger partial charge in [-0.2, -0.15) is 0 Å². The number of carbonyl (C=O) groups is 1. The van der Waals surface area contributed by atoms with Crippen LogP contribution in [0, 0.1) is 12.7 Å². The molecular formula is C13H9BrClFN2O2. The maximum absolute atomic E-state index is 13.6. The second kappa shape index (κ2) is 5.38. The van der Waals surface area contributed by atoms with Crippen LogP contribution in [0.4, 0.5) is 10.1 Å². The van der Waals surface area contributed by atoms with Crippen LogP contribution in [0.3, 0.4) is 0 Å². The minimum absolute atomic E-state index is 0.115. The van der Waals surface area contributed by atoms with Crippen LogP contribution >= 0.6 is 27.5 Å². The van der Waals surface area contributed by atoms with Gasteiger partial charge in [-0.15, -0.1) is 0 Å². The van der Waals surface area contributed by atoms with Crippen molar-refractivity contribution in [2.45, 2.75) is 6.92 Å². The van der Waals surface area contributed by atoms with Crippen molar-refractivity contribution < 1.29 is 14.3 Å². The molecule has 2 rings (SSSR count). The minimum atomic E-state index is -1.29. The highest BCUT2D eigenvalue weighted by Crippen LogP contribution is 2.33. The summed E-state index contributed by atoms with van der Waals surface area (Å²) in [7, 11) is 0. The van der Waals surface area contributed by atoms with Crippen LogP contribution in [-0.2, 0) is 0 Å². The number of rotatable bonds is 2. The van der Waals surface area contributed by atoms with Gasteiger partial charge in [0.25, 0.3) is 0 Å². The lowest BCUT2D eigenvalue weighted by atomic mass is 10.0. The molecule has 2 aromatic rings. The predicted molar refractivity (Wildman–Crippen MR) is 78.4 cm³/mol. The zero-order valence-corrected chi connectivity index (χ0v) is 12.6. The van der Waals surface area contributed by atoms with Crippen molar-refractivity contribution in [3.05, 3.63) is 44.8 Å². The standard InChI is InChI=1S/C13H9BrClFN2O2/c1-5-10(17)9(15)12(13(19)20)18-11(5)6-2-3-7(14)8(16)4-6/h2-4H,1H3,(H2,17,18)(H,19,20). The highest BCUT2D eigenvalue weighted by atomic mass is 79.9. The molecule has 104 valence electrons. The van der Waals surface area contributed by atoms with Crippen molar-refractivity contribution >= 4 is 39.2 Å². The van der Waals surface area contributed by atoms with Gasteiger partial charge in [0, 0.05) is 5.56 Å². The molecule has 0 atom stereocenters. The molecule has 0 aliphatic heterocycles. The van der Waals surface area contributed by atoms with Crippen LogP contribution < -0.4 is 5.73 Å². The molecule has 0 fully saturated rings. The number of carboxylic acid groups (broad SMARTS) is 1. The third-order valence-corrected chi connectivity index (χ3v) is 3.85. The third-order valence-electron chi connectivity index (χ3n) is 2.82. The maximum atomic E-state index is 13.6. The number of aromatic carboxylic acids is 1. The van der Waals surface area contributed by atoms with E-state index in [0.29, 0.717) is 15.6 Å². The van der Waals surface area contributed by atoms with Crippen molar-refractivity contribution in [1.29, 1.82) is 0 Å². The predicted octanol–water partition coefficient (Wildman–Crippen LogP) is 3.89. The van der Waals surface area contributed by atoms with Crippen LogP contribution in [0.15, 0.2) is 22.7 Å². The lowest BCUT2D eigenvalue weighted by Crippen LogP contribution is -2.07. The number of carboxylic acids is 1. The lowest BCUT2D eigenvalue weighted by Gasteiger charge is -2.12. The molecule has 0 aliphatic carbocycles. The second-order valence-electron chi connectivity index (χ2n) is 4.10. The Labute approximate surface area is 127 Å². The Balaban J connectivity index is 2.73. The number of pyridine rings is 1. The molecule has 0 amide bonds. The number of hydrogen-bond donors (Lipinski definition) is 2. The van der Waals surface area contributed by atoms with Crippen molar-refractivity contribution in [3.8, 4) is 11.3 Å². The Morgan fingerprint density at radius 3 is 2.70 bits per heavy atom. The Hall–Kier alpha value is -1.66. The zero-order valence-electron chi connectivity index (χ0n) is 10.2. The molecule has 4 nitrogen and oxygen atoms in total. The zero-order chi connectivity index (χ0) is 15.0. The molecule has 20 heavy (non-hydrogen) atoms. The Morgan fingerprint density at radius 1 is 1.50 bits per heavy atom. The van der Waals surface area contributed by atoms with Gasteiger partial charge in [0.05, 0.1) is 20.9 Å². The molecule has 1 aromatic carbocycles. The van der Waals surface area contributed by atoms with Crippen molar-refractivity contribution in [1.82, 2.24) is 4.98 Å². The topological polar surface area (TPSA) is 76.2 Å². The average Bonchev–Trinajstić information content (AvgIpc) is 2.39. The lowest BCUT2D eigenvalue weighted by molar-refractivity contribution is 0.0691. The fourth-order valence-corrected chi connectivity index (χ4v) is 2.24. The minimum Gasteiger partial charge on any atom is -0.476 e. The summed E-state index contributed by atoms with van der Waals surface area (Å²) in [5.41, 5.74) is 6.77. The highest BCUT2D eigenvalue weighted by Gasteiger charge is 2.19. The fourth-order valence-electron chi connectivity index (χ4n) is 1.73. The van der Waals surface area contributed by atoms with Gasteiger partial charge in [-0.1, -0.05) is 17.7 Å². The number of benzene rings is 1. The fraction of sp³-hybridized carbons (Fsp3) is 0.0769. The Kier molecular flexibility index (Phi) is 3.96. The molecule has 1 aromatic heterocycles. The van der Waals surface area contributed by atoms with E-state index in [9.17, 15) is 9.18 Å². The van der Waals surface area contributed by atoms with Crippen LogP contribution in [0.25, 0.3) is 11.3 Å². The molecule has 0 bridgehead atoms. The number of nitrogens with two attached hydrogens (primary N) is 1. The van der Waals surface area contributed by atoms with Crippen LogP contribution in [0.1, 0.15) is 16.1 Å². The van der Waals surface area contributed by atoms with Gasteiger partial charge in [-0.3, -0.25) is 0 Å². The molecule has 0 saturated heterocycles. The summed E-state index contributed by atoms with van der Waals surface area (Å²) in [6, 6.07) is 4.37. The smallest absolute Gasteiger partial charge is 0.356 e. The number of hydrogen-bond acceptors (Lipinski definition) is 3. The van der Waals surface area contributed by atoms with E-state index < -0.39 is 11.8 Å². The summed E-state index contributed by atoms with van der Waals surface area (Å²) in [5.74, 6) is -1.77. The van der Waals surface area contributed by atoms with Crippen LogP contribution in [0.2, 0.25) is 5.02 Å². The number of anilines is 1. The van der Waals surface area contributed by atoms with E-state index in [0.717, 1.165) is 0 Å². The summed E-state index contributed by atoms with van der Waals surface area (Å²) in [4.78, 5) is 15.1. The second-order valence-corrected chi connectivity index (χ2v) is 5.33. The third kappa shape index (κ3) is 2.48. The Bertz CT molecular complexity index is 722. The summed E-state index contributed by atoms with van der Waals surface area (Å²) < 4.78 is 13.9. The number of nitrogens with zero attached hydrogens (tertiary/aromatic N) is 1. The number of nitrogen functional groups attached to an aromatic ring is 1. The van der Waals surface area contributed by atoms with E-state index >= 15 is 0 Å². The van der Waals surface area contributed by atoms with Crippen molar-refractivity contribution in [2.75, 3.05) is 5.73 Å². The SMILES string of the molecule is Cc1c(-c2ccc(Br)c(F)c2)nc(C(=O)O)c(Cl)c1N. The molecule has 0 radical (unpaired) electrons. The molecule has 7 heteroatoms. The highest BCUT2D eigenvalue weighted by molar-refractivity contribution is 9.10. The van der Waals surface area contributed by atoms with Gasteiger partial charge < -0.3 is 10.8 Å². The van der Waals surface area contributed by atoms with E-state index in [1.165, 1.54) is 12.1 Å². The van der Waals surface area contributed by atoms with E-state index in [4.69, 9.17) is 22.4 Å². The molecular weight excluding hydrogens is 351 g/mol. The normalized spacial score (nSPS) is 10.6. The van der Waals surface area contributed by atoms with Gasteiger partial charge in [0.1, 0.15) is 5.82 Å². The first-order valence-corrected chi connectivity index (χ1v) is 6.64. The van der Waals surface area contributed by atoms with Crippen LogP contribution in [-0.4, -0.2) is 16.1 Å². The molecule has 0 saturated carbocycles. The van der Waals surface area contributed by atoms with E-state index in [1.807, 2.05) is 0 Å². The van der Waals surface area contributed by atoms with Gasteiger partial charge >= 0.3 is 5.97 Å². The first-order chi connectivity index (χ1) is 9.32. The van der Waals surface area contributed by atoms with Gasteiger partial charge in [0.15, 0.2) is 5.69 Å². The van der Waals surface area contributed by atoms with E-state index in [2.05, 4.69) is 20.9 Å². The molecule has 0 spiro atoms. The van der Waals surface area contributed by atoms with Crippen LogP contribution in [0.5, 0.6) is 0 Å². The average molecular weight is 360 g/mol. The van der Waals surface area contributed by atoms with Crippen molar-refractivity contribution in [3.63, 3.8) is 0 Å². The monoisotopic (exact) mass is 358 g/mol. The molecule has 0 aliphatic rings. The summed E-state index contributed by atoms with van der Waals surface area (Å²) in [6.07, 6.45) is 0. The first kappa shape index (κ1) is 14.7. The van der Waals surface area contributed by atoms with E-state index in [-0.39, 0.29) is 22.1 Å². The summed E-state index contributed by atoms with van der Waals surface area (Å²) in [5, 5.41) is 8.95. The number of halogens is 3. The first-order valence-electron chi connectivity index (χ1n) is 5.47. The maximum Gasteiger partial charge on any atom is 0.356 e. The molecule has 3 N–H and O–H groups in total. The summed E-state index contributed by atoms with van der Waals surface area (Å²) in [6.45, 7) is 1.65. The molecule has 0 unspecified atom stereocenters. The van der Waals surface area contributed by atoms with Gasteiger partial charge in [-0.05, 0) is 40.5 Å². The van der Waals surface area contributed by atoms with Gasteiger partial charge in [-0.25, -0.2) is 14.2 Å². The quantitative estimate of drug-likeness (QED) is 0.853. The number of aromatic nitrogens is 1. The Morgan fingerprint density at radius 2 is 2.15 bits per heavy atom. The van der Waals surface area contributed by atoms with Gasteiger partial charge in [0.2, 0.25) is 0 Å². The summed E-state index contributed by atoms with van der Waals surface area (Å²) >= 11 is 8.91.